The summed E-state index contributed by atoms with van der Waals surface area (Å²) in [7, 11) is 3.50. The van der Waals surface area contributed by atoms with Gasteiger partial charge in [-0.15, -0.1) is 0 Å². The van der Waals surface area contributed by atoms with Crippen molar-refractivity contribution < 1.29 is 9.47 Å². The molecule has 1 saturated carbocycles. The maximum atomic E-state index is 6.17. The van der Waals surface area contributed by atoms with Gasteiger partial charge >= 0.3 is 0 Å². The normalized spacial score (nSPS) is 20.0. The van der Waals surface area contributed by atoms with Crippen LogP contribution in [0.3, 0.4) is 0 Å². The zero-order valence-electron chi connectivity index (χ0n) is 16.3. The number of anilines is 1. The van der Waals surface area contributed by atoms with Gasteiger partial charge in [-0.3, -0.25) is 4.99 Å². The average molecular weight is 395 g/mol. The van der Waals surface area contributed by atoms with E-state index >= 15 is 0 Å². The van der Waals surface area contributed by atoms with E-state index in [1.807, 2.05) is 25.2 Å². The zero-order chi connectivity index (χ0) is 19.1. The van der Waals surface area contributed by atoms with Gasteiger partial charge in [0, 0.05) is 51.0 Å². The molecule has 3 rings (SSSR count). The summed E-state index contributed by atoms with van der Waals surface area (Å²) in [6, 6.07) is 6.09. The number of guanidine groups is 1. The summed E-state index contributed by atoms with van der Waals surface area (Å²) in [4.78, 5) is 6.65. The molecule has 6 nitrogen and oxygen atoms in total. The van der Waals surface area contributed by atoms with Gasteiger partial charge in [-0.05, 0) is 49.8 Å². The van der Waals surface area contributed by atoms with Gasteiger partial charge in [0.05, 0.1) is 12.8 Å². The van der Waals surface area contributed by atoms with Crippen LogP contribution in [0.5, 0.6) is 5.75 Å². The van der Waals surface area contributed by atoms with Gasteiger partial charge in [0.2, 0.25) is 0 Å². The predicted molar refractivity (Wildman–Crippen MR) is 111 cm³/mol. The molecule has 2 aliphatic rings. The first-order valence-electron chi connectivity index (χ1n) is 9.83. The molecule has 1 aliphatic carbocycles. The van der Waals surface area contributed by atoms with Crippen LogP contribution in [0.2, 0.25) is 5.02 Å². The number of methoxy groups -OCH3 is 1. The molecule has 0 amide bonds. The van der Waals surface area contributed by atoms with Crippen molar-refractivity contribution in [2.45, 2.75) is 31.7 Å². The minimum absolute atomic E-state index is 0.339. The van der Waals surface area contributed by atoms with Crippen LogP contribution in [0.4, 0.5) is 5.69 Å². The minimum Gasteiger partial charge on any atom is -0.495 e. The Balaban J connectivity index is 1.40. The summed E-state index contributed by atoms with van der Waals surface area (Å²) in [5, 5.41) is 7.63. The quantitative estimate of drug-likeness (QED) is 0.383. The summed E-state index contributed by atoms with van der Waals surface area (Å²) in [5.41, 5.74) is 1.05. The zero-order valence-corrected chi connectivity index (χ0v) is 17.1. The highest BCUT2D eigenvalue weighted by atomic mass is 35.5. The van der Waals surface area contributed by atoms with E-state index in [1.54, 1.807) is 7.11 Å². The van der Waals surface area contributed by atoms with Crippen LogP contribution in [0.1, 0.15) is 25.7 Å². The molecular formula is C20H31ClN4O2. The fourth-order valence-electron chi connectivity index (χ4n) is 3.31. The Morgan fingerprint density at radius 1 is 1.33 bits per heavy atom. The Hall–Kier alpha value is -1.66. The third-order valence-corrected chi connectivity index (χ3v) is 5.28. The third kappa shape index (κ3) is 6.18. The van der Waals surface area contributed by atoms with Crippen molar-refractivity contribution in [3.8, 4) is 5.75 Å². The lowest BCUT2D eigenvalue weighted by atomic mass is 10.2. The van der Waals surface area contributed by atoms with E-state index in [1.165, 1.54) is 12.8 Å². The van der Waals surface area contributed by atoms with E-state index in [-0.39, 0.29) is 0 Å². The molecule has 150 valence electrons. The number of ether oxygens (including phenoxy) is 2. The molecular weight excluding hydrogens is 364 g/mol. The van der Waals surface area contributed by atoms with Crippen LogP contribution in [0, 0.1) is 5.92 Å². The van der Waals surface area contributed by atoms with Crippen molar-refractivity contribution in [2.24, 2.45) is 10.9 Å². The summed E-state index contributed by atoms with van der Waals surface area (Å²) < 4.78 is 11.2. The van der Waals surface area contributed by atoms with Crippen LogP contribution in [0.25, 0.3) is 0 Å². The molecule has 0 radical (unpaired) electrons. The minimum atomic E-state index is 0.339. The number of aliphatic imine (C=N–C) groups is 1. The van der Waals surface area contributed by atoms with Crippen LogP contribution in [-0.2, 0) is 4.74 Å². The second-order valence-corrected chi connectivity index (χ2v) is 7.70. The highest BCUT2D eigenvalue weighted by Crippen LogP contribution is 2.33. The second-order valence-electron chi connectivity index (χ2n) is 7.26. The molecule has 1 saturated heterocycles. The van der Waals surface area contributed by atoms with E-state index in [2.05, 4.69) is 20.5 Å². The molecule has 27 heavy (non-hydrogen) atoms. The molecule has 2 fully saturated rings. The van der Waals surface area contributed by atoms with E-state index in [0.717, 1.165) is 74.0 Å². The van der Waals surface area contributed by atoms with Gasteiger partial charge in [-0.1, -0.05) is 11.6 Å². The first-order chi connectivity index (χ1) is 13.2. The number of nitrogens with zero attached hydrogens (tertiary/aromatic N) is 2. The molecule has 7 heteroatoms. The van der Waals surface area contributed by atoms with Crippen molar-refractivity contribution in [1.29, 1.82) is 0 Å². The summed E-state index contributed by atoms with van der Waals surface area (Å²) in [6.45, 7) is 4.45. The lowest BCUT2D eigenvalue weighted by Gasteiger charge is -2.22. The van der Waals surface area contributed by atoms with Crippen molar-refractivity contribution in [3.05, 3.63) is 23.2 Å². The molecule has 1 aromatic rings. The van der Waals surface area contributed by atoms with Crippen molar-refractivity contribution in [2.75, 3.05) is 51.9 Å². The standard InChI is InChI=1S/C20H31ClN4O2/c1-22-20(23-9-3-11-27-14-15-4-5-15)24-17-8-10-25(13-17)18-12-16(21)6-7-19(18)26-2/h6-7,12,15,17H,3-5,8-11,13-14H2,1-2H3,(H2,22,23,24). The van der Waals surface area contributed by atoms with Gasteiger partial charge in [-0.25, -0.2) is 0 Å². The number of benzene rings is 1. The van der Waals surface area contributed by atoms with Gasteiger partial charge in [-0.2, -0.15) is 0 Å². The van der Waals surface area contributed by atoms with Crippen LogP contribution < -0.4 is 20.3 Å². The monoisotopic (exact) mass is 394 g/mol. The molecule has 0 aromatic heterocycles. The summed E-state index contributed by atoms with van der Waals surface area (Å²) in [5.74, 6) is 2.53. The molecule has 2 N–H and O–H groups in total. The molecule has 1 heterocycles. The molecule has 0 spiro atoms. The Morgan fingerprint density at radius 3 is 2.93 bits per heavy atom. The van der Waals surface area contributed by atoms with Crippen LogP contribution in [0.15, 0.2) is 23.2 Å². The fourth-order valence-corrected chi connectivity index (χ4v) is 3.48. The Labute approximate surface area is 167 Å². The highest BCUT2D eigenvalue weighted by molar-refractivity contribution is 6.30. The van der Waals surface area contributed by atoms with Crippen molar-refractivity contribution >= 4 is 23.2 Å². The Morgan fingerprint density at radius 2 is 2.19 bits per heavy atom. The molecule has 0 bridgehead atoms. The summed E-state index contributed by atoms with van der Waals surface area (Å²) >= 11 is 6.17. The number of rotatable bonds is 9. The first-order valence-corrected chi connectivity index (χ1v) is 10.2. The van der Waals surface area contributed by atoms with Gasteiger partial charge < -0.3 is 25.0 Å². The number of nitrogens with one attached hydrogen (secondary N) is 2. The van der Waals surface area contributed by atoms with Crippen LogP contribution >= 0.6 is 11.6 Å². The molecule has 1 aliphatic heterocycles. The Kier molecular flexibility index (Phi) is 7.47. The predicted octanol–water partition coefficient (Wildman–Crippen LogP) is 2.91. The lowest BCUT2D eigenvalue weighted by Crippen LogP contribution is -2.45. The largest absolute Gasteiger partial charge is 0.495 e. The van der Waals surface area contributed by atoms with E-state index in [9.17, 15) is 0 Å². The Bertz CT molecular complexity index is 636. The highest BCUT2D eigenvalue weighted by Gasteiger charge is 2.25. The molecule has 1 unspecified atom stereocenters. The number of hydrogen-bond donors (Lipinski definition) is 2. The van der Waals surface area contributed by atoms with E-state index in [4.69, 9.17) is 21.1 Å². The second kappa shape index (κ2) is 10.0. The van der Waals surface area contributed by atoms with E-state index in [0.29, 0.717) is 6.04 Å². The maximum absolute atomic E-state index is 6.17. The third-order valence-electron chi connectivity index (χ3n) is 5.04. The number of hydrogen-bond acceptors (Lipinski definition) is 4. The fraction of sp³-hybridized carbons (Fsp3) is 0.650. The van der Waals surface area contributed by atoms with Crippen LogP contribution in [-0.4, -0.2) is 59.0 Å². The lowest BCUT2D eigenvalue weighted by molar-refractivity contribution is 0.123. The van der Waals surface area contributed by atoms with Gasteiger partial charge in [0.1, 0.15) is 5.75 Å². The number of halogens is 1. The molecule has 1 aromatic carbocycles. The SMILES string of the molecule is CN=C(NCCCOCC1CC1)NC1CCN(c2cc(Cl)ccc2OC)C1. The van der Waals surface area contributed by atoms with Crippen molar-refractivity contribution in [3.63, 3.8) is 0 Å². The maximum Gasteiger partial charge on any atom is 0.191 e. The van der Waals surface area contributed by atoms with Crippen molar-refractivity contribution in [1.82, 2.24) is 10.6 Å². The summed E-state index contributed by atoms with van der Waals surface area (Å²) in [6.07, 6.45) is 4.72. The average Bonchev–Trinajstić information content (AvgIpc) is 3.39. The van der Waals surface area contributed by atoms with Gasteiger partial charge in [0.25, 0.3) is 0 Å². The van der Waals surface area contributed by atoms with Gasteiger partial charge in [0.15, 0.2) is 5.96 Å². The smallest absolute Gasteiger partial charge is 0.191 e. The topological polar surface area (TPSA) is 58.1 Å². The van der Waals surface area contributed by atoms with E-state index < -0.39 is 0 Å². The first kappa shape index (κ1) is 20.1. The molecule has 1 atom stereocenters.